The van der Waals surface area contributed by atoms with E-state index >= 15 is 0 Å². The van der Waals surface area contributed by atoms with Gasteiger partial charge < -0.3 is 10.1 Å². The number of nitrogens with one attached hydrogen (secondary N) is 1. The van der Waals surface area contributed by atoms with Gasteiger partial charge in [0.2, 0.25) is 0 Å². The highest BCUT2D eigenvalue weighted by molar-refractivity contribution is 7.17. The van der Waals surface area contributed by atoms with Gasteiger partial charge in [-0.2, -0.15) is 0 Å². The molecule has 1 aliphatic carbocycles. The summed E-state index contributed by atoms with van der Waals surface area (Å²) < 4.78 is 4.92. The van der Waals surface area contributed by atoms with Crippen molar-refractivity contribution in [2.75, 3.05) is 12.4 Å². The van der Waals surface area contributed by atoms with Crippen molar-refractivity contribution in [3.8, 4) is 0 Å². The van der Waals surface area contributed by atoms with Crippen molar-refractivity contribution in [1.82, 2.24) is 0 Å². The Morgan fingerprint density at radius 1 is 1.08 bits per heavy atom. The number of fused-ring (bicyclic) bond motifs is 2. The Balaban J connectivity index is 1.67. The molecule has 1 heterocycles. The molecule has 1 aromatic heterocycles. The second-order valence-electron chi connectivity index (χ2n) is 6.07. The van der Waals surface area contributed by atoms with Gasteiger partial charge in [0.1, 0.15) is 5.00 Å². The van der Waals surface area contributed by atoms with E-state index in [2.05, 4.69) is 5.32 Å². The zero-order valence-corrected chi connectivity index (χ0v) is 14.6. The van der Waals surface area contributed by atoms with Gasteiger partial charge in [-0.3, -0.25) is 4.79 Å². The summed E-state index contributed by atoms with van der Waals surface area (Å²) in [5, 5.41) is 5.61. The second-order valence-corrected chi connectivity index (χ2v) is 7.17. The van der Waals surface area contributed by atoms with Crippen LogP contribution in [0.3, 0.4) is 0 Å². The summed E-state index contributed by atoms with van der Waals surface area (Å²) in [6.07, 6.45) is 2.86. The Bertz CT molecular complexity index is 990. The fourth-order valence-corrected chi connectivity index (χ4v) is 4.59. The predicted molar refractivity (Wildman–Crippen MR) is 99.6 cm³/mol. The average molecular weight is 351 g/mol. The fourth-order valence-electron chi connectivity index (χ4n) is 3.32. The molecule has 126 valence electrons. The smallest absolute Gasteiger partial charge is 0.341 e. The Kier molecular flexibility index (Phi) is 4.01. The molecule has 1 aliphatic rings. The molecule has 2 aromatic carbocycles. The van der Waals surface area contributed by atoms with Crippen molar-refractivity contribution in [1.29, 1.82) is 0 Å². The van der Waals surface area contributed by atoms with Gasteiger partial charge in [0.15, 0.2) is 0 Å². The first kappa shape index (κ1) is 15.8. The van der Waals surface area contributed by atoms with Crippen LogP contribution in [-0.2, 0) is 17.6 Å². The number of hydrogen-bond acceptors (Lipinski definition) is 4. The van der Waals surface area contributed by atoms with E-state index in [-0.39, 0.29) is 11.9 Å². The third-order valence-electron chi connectivity index (χ3n) is 4.55. The number of rotatable bonds is 3. The van der Waals surface area contributed by atoms with E-state index in [1.165, 1.54) is 23.3 Å². The van der Waals surface area contributed by atoms with Crippen LogP contribution in [0.5, 0.6) is 0 Å². The van der Waals surface area contributed by atoms with Gasteiger partial charge in [-0.1, -0.05) is 30.3 Å². The highest BCUT2D eigenvalue weighted by Crippen LogP contribution is 2.39. The van der Waals surface area contributed by atoms with Gasteiger partial charge >= 0.3 is 5.97 Å². The summed E-state index contributed by atoms with van der Waals surface area (Å²) >= 11 is 1.49. The summed E-state index contributed by atoms with van der Waals surface area (Å²) in [6.45, 7) is 0. The number of amides is 1. The lowest BCUT2D eigenvalue weighted by Crippen LogP contribution is -2.14. The molecule has 0 spiro atoms. The number of ether oxygens (including phenoxy) is 1. The molecule has 0 unspecified atom stereocenters. The molecule has 4 rings (SSSR count). The van der Waals surface area contributed by atoms with E-state index in [1.807, 2.05) is 36.4 Å². The Morgan fingerprint density at radius 2 is 1.88 bits per heavy atom. The molecule has 1 amide bonds. The predicted octanol–water partition coefficient (Wildman–Crippen LogP) is 4.43. The van der Waals surface area contributed by atoms with Crippen molar-refractivity contribution < 1.29 is 14.3 Å². The molecule has 0 fully saturated rings. The van der Waals surface area contributed by atoms with Crippen molar-refractivity contribution in [3.05, 3.63) is 64.0 Å². The van der Waals surface area contributed by atoms with Crippen LogP contribution < -0.4 is 5.32 Å². The number of hydrogen-bond donors (Lipinski definition) is 1. The van der Waals surface area contributed by atoms with Crippen LogP contribution in [0.1, 0.15) is 37.6 Å². The van der Waals surface area contributed by atoms with Crippen LogP contribution in [0, 0.1) is 0 Å². The molecular formula is C20H17NO3S. The van der Waals surface area contributed by atoms with Crippen LogP contribution in [0.4, 0.5) is 5.00 Å². The van der Waals surface area contributed by atoms with E-state index in [9.17, 15) is 9.59 Å². The van der Waals surface area contributed by atoms with Crippen molar-refractivity contribution in [3.63, 3.8) is 0 Å². The standard InChI is InChI=1S/C20H17NO3S/c1-24-20(23)17-15-7-4-8-16(15)25-19(17)21-18(22)14-10-9-12-5-2-3-6-13(12)11-14/h2-3,5-6,9-11H,4,7-8H2,1H3,(H,21,22). The lowest BCUT2D eigenvalue weighted by atomic mass is 10.1. The van der Waals surface area contributed by atoms with Crippen LogP contribution in [0.15, 0.2) is 42.5 Å². The van der Waals surface area contributed by atoms with Gasteiger partial charge in [-0.25, -0.2) is 4.79 Å². The second kappa shape index (κ2) is 6.33. The first-order valence-corrected chi connectivity index (χ1v) is 9.02. The van der Waals surface area contributed by atoms with Gasteiger partial charge in [-0.15, -0.1) is 11.3 Å². The first-order valence-electron chi connectivity index (χ1n) is 8.20. The lowest BCUT2D eigenvalue weighted by Gasteiger charge is -2.08. The number of aryl methyl sites for hydroxylation is 1. The molecule has 4 nitrogen and oxygen atoms in total. The van der Waals surface area contributed by atoms with Gasteiger partial charge in [0, 0.05) is 10.4 Å². The highest BCUT2D eigenvalue weighted by atomic mass is 32.1. The number of esters is 1. The quantitative estimate of drug-likeness (QED) is 0.710. The summed E-state index contributed by atoms with van der Waals surface area (Å²) in [6, 6.07) is 13.5. The summed E-state index contributed by atoms with van der Waals surface area (Å²) in [4.78, 5) is 26.0. The molecule has 3 aromatic rings. The Labute approximate surface area is 149 Å². The molecule has 5 heteroatoms. The zero-order chi connectivity index (χ0) is 17.4. The number of carbonyl (C=O) groups excluding carboxylic acids is 2. The van der Waals surface area contributed by atoms with Crippen LogP contribution in [0.25, 0.3) is 10.8 Å². The lowest BCUT2D eigenvalue weighted by molar-refractivity contribution is 0.0601. The fraction of sp³-hybridized carbons (Fsp3) is 0.200. The van der Waals surface area contributed by atoms with E-state index < -0.39 is 0 Å². The van der Waals surface area contributed by atoms with Gasteiger partial charge in [0.25, 0.3) is 5.91 Å². The maximum atomic E-state index is 12.7. The Morgan fingerprint density at radius 3 is 2.68 bits per heavy atom. The van der Waals surface area contributed by atoms with Gasteiger partial charge in [-0.05, 0) is 47.7 Å². The normalized spacial score (nSPS) is 12.8. The number of thiophene rings is 1. The molecule has 0 saturated carbocycles. The minimum atomic E-state index is -0.381. The number of carbonyl (C=O) groups is 2. The van der Waals surface area contributed by atoms with E-state index in [0.29, 0.717) is 16.1 Å². The minimum Gasteiger partial charge on any atom is -0.465 e. The van der Waals surface area contributed by atoms with Crippen molar-refractivity contribution >= 4 is 39.0 Å². The summed E-state index contributed by atoms with van der Waals surface area (Å²) in [5.41, 5.74) is 2.13. The number of benzene rings is 2. The molecular weight excluding hydrogens is 334 g/mol. The molecule has 0 atom stereocenters. The number of anilines is 1. The molecule has 0 bridgehead atoms. The summed E-state index contributed by atoms with van der Waals surface area (Å²) in [7, 11) is 1.37. The van der Waals surface area contributed by atoms with Crippen molar-refractivity contribution in [2.45, 2.75) is 19.3 Å². The van der Waals surface area contributed by atoms with E-state index in [4.69, 9.17) is 4.74 Å². The third-order valence-corrected chi connectivity index (χ3v) is 5.76. The highest BCUT2D eigenvalue weighted by Gasteiger charge is 2.28. The van der Waals surface area contributed by atoms with E-state index in [0.717, 1.165) is 35.6 Å². The Hall–Kier alpha value is -2.66. The van der Waals surface area contributed by atoms with Gasteiger partial charge in [0.05, 0.1) is 12.7 Å². The van der Waals surface area contributed by atoms with E-state index in [1.54, 1.807) is 6.07 Å². The topological polar surface area (TPSA) is 55.4 Å². The van der Waals surface area contributed by atoms with Crippen LogP contribution >= 0.6 is 11.3 Å². The minimum absolute atomic E-state index is 0.212. The van der Waals surface area contributed by atoms with Crippen molar-refractivity contribution in [2.24, 2.45) is 0 Å². The maximum absolute atomic E-state index is 12.7. The molecule has 25 heavy (non-hydrogen) atoms. The first-order chi connectivity index (χ1) is 12.2. The number of methoxy groups -OCH3 is 1. The molecule has 0 saturated heterocycles. The molecule has 0 radical (unpaired) electrons. The summed E-state index contributed by atoms with van der Waals surface area (Å²) in [5.74, 6) is -0.593. The monoisotopic (exact) mass is 351 g/mol. The largest absolute Gasteiger partial charge is 0.465 e. The molecule has 0 aliphatic heterocycles. The maximum Gasteiger partial charge on any atom is 0.341 e. The van der Waals surface area contributed by atoms with Crippen LogP contribution in [-0.4, -0.2) is 19.0 Å². The SMILES string of the molecule is COC(=O)c1c(NC(=O)c2ccc3ccccc3c2)sc2c1CCC2. The van der Waals surface area contributed by atoms with Crippen LogP contribution in [0.2, 0.25) is 0 Å². The zero-order valence-electron chi connectivity index (χ0n) is 13.8. The average Bonchev–Trinajstić information content (AvgIpc) is 3.21. The molecule has 1 N–H and O–H groups in total. The third kappa shape index (κ3) is 2.81.